The second-order valence-corrected chi connectivity index (χ2v) is 9.47. The van der Waals surface area contributed by atoms with Crippen LogP contribution in [0.25, 0.3) is 10.9 Å². The molecule has 0 unspecified atom stereocenters. The second-order valence-electron chi connectivity index (χ2n) is 9.47. The first-order valence-corrected chi connectivity index (χ1v) is 11.8. The van der Waals surface area contributed by atoms with Crippen molar-refractivity contribution in [3.63, 3.8) is 0 Å². The van der Waals surface area contributed by atoms with Crippen LogP contribution in [0.3, 0.4) is 0 Å². The monoisotopic (exact) mass is 502 g/mol. The molecule has 1 fully saturated rings. The van der Waals surface area contributed by atoms with E-state index in [2.05, 4.69) is 15.3 Å². The van der Waals surface area contributed by atoms with Gasteiger partial charge in [0.05, 0.1) is 28.7 Å². The molecule has 3 atom stereocenters. The highest BCUT2D eigenvalue weighted by Crippen LogP contribution is 2.37. The minimum Gasteiger partial charge on any atom is -0.378 e. The number of aromatic amines is 1. The third-order valence-corrected chi connectivity index (χ3v) is 6.32. The minimum atomic E-state index is -4.63. The van der Waals surface area contributed by atoms with Gasteiger partial charge in [0.25, 0.3) is 11.5 Å². The van der Waals surface area contributed by atoms with E-state index < -0.39 is 23.3 Å². The maximum absolute atomic E-state index is 13.9. The van der Waals surface area contributed by atoms with Gasteiger partial charge in [-0.05, 0) is 76.1 Å². The van der Waals surface area contributed by atoms with Crippen LogP contribution in [0, 0.1) is 13.8 Å². The van der Waals surface area contributed by atoms with Gasteiger partial charge in [-0.25, -0.2) is 4.98 Å². The maximum atomic E-state index is 13.9. The Morgan fingerprint density at radius 1 is 1.17 bits per heavy atom. The summed E-state index contributed by atoms with van der Waals surface area (Å²) in [6.07, 6.45) is -4.75. The van der Waals surface area contributed by atoms with Gasteiger partial charge >= 0.3 is 6.18 Å². The largest absolute Gasteiger partial charge is 0.416 e. The lowest BCUT2D eigenvalue weighted by atomic mass is 9.97. The van der Waals surface area contributed by atoms with Gasteiger partial charge in [-0.1, -0.05) is 0 Å². The summed E-state index contributed by atoms with van der Waals surface area (Å²) in [5.41, 5.74) is 0.380. The Labute approximate surface area is 206 Å². The van der Waals surface area contributed by atoms with Gasteiger partial charge < -0.3 is 19.9 Å². The summed E-state index contributed by atoms with van der Waals surface area (Å²) >= 11 is 0. The average molecular weight is 503 g/mol. The summed E-state index contributed by atoms with van der Waals surface area (Å²) in [7, 11) is 0. The fourth-order valence-corrected chi connectivity index (χ4v) is 4.72. The van der Waals surface area contributed by atoms with Crippen LogP contribution >= 0.6 is 0 Å². The van der Waals surface area contributed by atoms with E-state index in [9.17, 15) is 22.8 Å². The molecular formula is C26H29F3N4O3. The van der Waals surface area contributed by atoms with E-state index in [4.69, 9.17) is 4.74 Å². The number of rotatable bonds is 4. The minimum absolute atomic E-state index is 0.00896. The van der Waals surface area contributed by atoms with Gasteiger partial charge in [0.1, 0.15) is 5.82 Å². The molecule has 4 rings (SSSR count). The van der Waals surface area contributed by atoms with Gasteiger partial charge in [-0.3, -0.25) is 9.59 Å². The lowest BCUT2D eigenvalue weighted by Crippen LogP contribution is -2.48. The van der Waals surface area contributed by atoms with E-state index in [0.29, 0.717) is 29.9 Å². The summed E-state index contributed by atoms with van der Waals surface area (Å²) in [6.45, 7) is 9.74. The zero-order chi connectivity index (χ0) is 26.4. The van der Waals surface area contributed by atoms with Gasteiger partial charge in [-0.2, -0.15) is 13.2 Å². The molecule has 0 radical (unpaired) electrons. The summed E-state index contributed by atoms with van der Waals surface area (Å²) in [4.78, 5) is 33.7. The van der Waals surface area contributed by atoms with Crippen LogP contribution in [0.1, 0.15) is 59.7 Å². The van der Waals surface area contributed by atoms with Crippen molar-refractivity contribution in [1.82, 2.24) is 14.9 Å². The first kappa shape index (κ1) is 25.7. The zero-order valence-electron chi connectivity index (χ0n) is 20.8. The molecule has 1 amide bonds. The molecule has 192 valence electrons. The Bertz CT molecular complexity index is 1360. The molecule has 1 saturated heterocycles. The number of hydrogen-bond donors (Lipinski definition) is 2. The molecule has 1 aliphatic heterocycles. The third kappa shape index (κ3) is 5.23. The number of carbonyl (C=O) groups excluding carboxylic acids is 1. The number of amides is 1. The zero-order valence-corrected chi connectivity index (χ0v) is 20.8. The number of H-pyrrole nitrogens is 1. The van der Waals surface area contributed by atoms with Crippen LogP contribution in [0.15, 0.2) is 35.1 Å². The van der Waals surface area contributed by atoms with Crippen molar-refractivity contribution in [3.8, 4) is 0 Å². The highest BCUT2D eigenvalue weighted by atomic mass is 19.4. The van der Waals surface area contributed by atoms with E-state index in [1.807, 2.05) is 13.8 Å². The number of ether oxygens (including phenoxy) is 1. The van der Waals surface area contributed by atoms with Crippen LogP contribution in [-0.2, 0) is 10.9 Å². The Morgan fingerprint density at radius 3 is 2.44 bits per heavy atom. The average Bonchev–Trinajstić information content (AvgIpc) is 2.77. The number of carbonyl (C=O) groups is 1. The molecule has 2 aromatic carbocycles. The normalized spacial score (nSPS) is 19.4. The first-order chi connectivity index (χ1) is 16.8. The van der Waals surface area contributed by atoms with E-state index in [1.165, 1.54) is 13.0 Å². The highest BCUT2D eigenvalue weighted by Gasteiger charge is 2.35. The molecule has 0 bridgehead atoms. The van der Waals surface area contributed by atoms with Gasteiger partial charge in [0.2, 0.25) is 0 Å². The molecule has 36 heavy (non-hydrogen) atoms. The summed E-state index contributed by atoms with van der Waals surface area (Å²) < 4.78 is 47.5. The van der Waals surface area contributed by atoms with Crippen molar-refractivity contribution >= 4 is 22.5 Å². The van der Waals surface area contributed by atoms with E-state index in [1.54, 1.807) is 36.9 Å². The molecule has 10 heteroatoms. The predicted molar refractivity (Wildman–Crippen MR) is 131 cm³/mol. The fourth-order valence-electron chi connectivity index (χ4n) is 4.72. The molecule has 1 aliphatic rings. The van der Waals surface area contributed by atoms with Gasteiger partial charge in [-0.15, -0.1) is 0 Å². The molecule has 0 spiro atoms. The summed E-state index contributed by atoms with van der Waals surface area (Å²) in [5, 5.41) is 3.20. The van der Waals surface area contributed by atoms with Crippen molar-refractivity contribution < 1.29 is 22.7 Å². The number of hydrogen-bond acceptors (Lipinski definition) is 5. The number of benzene rings is 2. The predicted octanol–water partition coefficient (Wildman–Crippen LogP) is 4.98. The molecule has 0 aliphatic carbocycles. The number of aromatic nitrogens is 2. The number of fused-ring (bicyclic) bond motifs is 1. The number of halogens is 3. The third-order valence-electron chi connectivity index (χ3n) is 6.32. The first-order valence-electron chi connectivity index (χ1n) is 11.8. The van der Waals surface area contributed by atoms with Crippen molar-refractivity contribution in [2.24, 2.45) is 0 Å². The standard InChI is InChI=1S/C26H29F3N4O3/c1-13-8-18(25(35)33-11-14(2)36-15(3)12-33)6-7-22(13)30-16(4)19-9-20-23(10-21(19)26(27,28)29)31-17(5)32-24(20)34/h6-10,14-16,30H,11-12H2,1-5H3,(H,31,32,34)/t14-,15+,16-/m0/s1. The van der Waals surface area contributed by atoms with Crippen LogP contribution in [0.2, 0.25) is 0 Å². The van der Waals surface area contributed by atoms with Crippen molar-refractivity contribution in [2.45, 2.75) is 59.0 Å². The lowest BCUT2D eigenvalue weighted by Gasteiger charge is -2.35. The maximum Gasteiger partial charge on any atom is 0.416 e. The smallest absolute Gasteiger partial charge is 0.378 e. The van der Waals surface area contributed by atoms with E-state index in [-0.39, 0.29) is 40.4 Å². The second kappa shape index (κ2) is 9.57. The number of aryl methyl sites for hydroxylation is 2. The summed E-state index contributed by atoms with van der Waals surface area (Å²) in [6, 6.07) is 6.47. The van der Waals surface area contributed by atoms with Crippen molar-refractivity contribution in [3.05, 3.63) is 68.8 Å². The molecule has 1 aromatic heterocycles. The Kier molecular flexibility index (Phi) is 6.83. The molecule has 0 saturated carbocycles. The number of alkyl halides is 3. The van der Waals surface area contributed by atoms with Crippen molar-refractivity contribution in [1.29, 1.82) is 0 Å². The highest BCUT2D eigenvalue weighted by molar-refractivity contribution is 5.95. The van der Waals surface area contributed by atoms with E-state index in [0.717, 1.165) is 6.07 Å². The molecule has 3 aromatic rings. The number of nitrogens with zero attached hydrogens (tertiary/aromatic N) is 2. The number of morpholine rings is 1. The van der Waals surface area contributed by atoms with Crippen LogP contribution in [0.4, 0.5) is 18.9 Å². The molecule has 2 N–H and O–H groups in total. The lowest BCUT2D eigenvalue weighted by molar-refractivity contribution is -0.138. The molecule has 7 nitrogen and oxygen atoms in total. The fraction of sp³-hybridized carbons (Fsp3) is 0.423. The summed E-state index contributed by atoms with van der Waals surface area (Å²) in [5.74, 6) is 0.126. The van der Waals surface area contributed by atoms with Gasteiger partial charge in [0.15, 0.2) is 0 Å². The quantitative estimate of drug-likeness (QED) is 0.526. The van der Waals surface area contributed by atoms with Crippen molar-refractivity contribution in [2.75, 3.05) is 18.4 Å². The topological polar surface area (TPSA) is 87.3 Å². The number of nitrogens with one attached hydrogen (secondary N) is 2. The Hall–Kier alpha value is -3.40. The Morgan fingerprint density at radius 2 is 1.83 bits per heavy atom. The molecule has 2 heterocycles. The Balaban J connectivity index is 1.63. The SMILES string of the molecule is Cc1nc2cc(C(F)(F)F)c([C@H](C)Nc3ccc(C(=O)N4C[C@@H](C)O[C@@H](C)C4)cc3C)cc2c(=O)[nH]1. The van der Waals surface area contributed by atoms with E-state index >= 15 is 0 Å². The number of anilines is 1. The van der Waals surface area contributed by atoms with Gasteiger partial charge in [0, 0.05) is 30.4 Å². The van der Waals surface area contributed by atoms with Crippen LogP contribution < -0.4 is 10.9 Å². The van der Waals surface area contributed by atoms with Crippen LogP contribution in [-0.4, -0.2) is 46.1 Å². The molecular weight excluding hydrogens is 473 g/mol. The van der Waals surface area contributed by atoms with Crippen LogP contribution in [0.5, 0.6) is 0 Å².